The Kier molecular flexibility index (Phi) is 5.23. The first kappa shape index (κ1) is 19.1. The van der Waals surface area contributed by atoms with Crippen LogP contribution in [0.5, 0.6) is 0 Å². The molecular weight excluding hydrogens is 356 g/mol. The number of carbonyl (C=O) groups is 3. The molecule has 0 bridgehead atoms. The molecule has 2 heterocycles. The molecule has 0 N–H and O–H groups in total. The molecule has 1 aromatic rings. The molecule has 6 heteroatoms. The van der Waals surface area contributed by atoms with E-state index in [4.69, 9.17) is 4.74 Å². The minimum Gasteiger partial charge on any atom is -0.458 e. The van der Waals surface area contributed by atoms with E-state index in [1.165, 1.54) is 6.42 Å². The second-order valence-electron chi connectivity index (χ2n) is 8.54. The average Bonchev–Trinajstić information content (AvgIpc) is 2.94. The molecule has 3 aliphatic rings. The van der Waals surface area contributed by atoms with Gasteiger partial charge in [-0.1, -0.05) is 19.1 Å². The van der Waals surface area contributed by atoms with Crippen LogP contribution in [-0.2, 0) is 14.3 Å². The molecule has 3 fully saturated rings. The zero-order valence-corrected chi connectivity index (χ0v) is 16.6. The van der Waals surface area contributed by atoms with Crippen molar-refractivity contribution in [1.82, 2.24) is 4.90 Å². The van der Waals surface area contributed by atoms with Gasteiger partial charge in [-0.15, -0.1) is 0 Å². The minimum absolute atomic E-state index is 0.106. The fraction of sp³-hybridized carbons (Fsp3) is 0.591. The van der Waals surface area contributed by atoms with Gasteiger partial charge in [-0.25, -0.2) is 9.69 Å². The first-order valence-corrected chi connectivity index (χ1v) is 10.3. The van der Waals surface area contributed by atoms with Crippen molar-refractivity contribution in [2.24, 2.45) is 17.8 Å². The zero-order valence-electron chi connectivity index (χ0n) is 16.6. The summed E-state index contributed by atoms with van der Waals surface area (Å²) < 4.78 is 5.98. The molecule has 0 aromatic heterocycles. The summed E-state index contributed by atoms with van der Waals surface area (Å²) >= 11 is 0. The van der Waals surface area contributed by atoms with E-state index in [2.05, 4.69) is 11.9 Å². The summed E-state index contributed by atoms with van der Waals surface area (Å²) in [4.78, 5) is 41.3. The molecule has 2 saturated heterocycles. The lowest BCUT2D eigenvalue weighted by Gasteiger charge is -2.43. The molecule has 4 rings (SSSR count). The molecule has 6 nitrogen and oxygen atoms in total. The van der Waals surface area contributed by atoms with Crippen LogP contribution in [0.4, 0.5) is 5.69 Å². The highest BCUT2D eigenvalue weighted by Crippen LogP contribution is 2.38. The van der Waals surface area contributed by atoms with Crippen molar-refractivity contribution in [1.29, 1.82) is 0 Å². The lowest BCUT2D eigenvalue weighted by Crippen LogP contribution is -2.47. The van der Waals surface area contributed by atoms with Gasteiger partial charge in [0.15, 0.2) is 0 Å². The molecule has 2 aliphatic heterocycles. The van der Waals surface area contributed by atoms with Crippen LogP contribution >= 0.6 is 0 Å². The lowest BCUT2D eigenvalue weighted by atomic mass is 9.73. The topological polar surface area (TPSA) is 66.9 Å². The van der Waals surface area contributed by atoms with Crippen LogP contribution in [0.25, 0.3) is 0 Å². The van der Waals surface area contributed by atoms with Gasteiger partial charge in [-0.05, 0) is 57.3 Å². The first-order chi connectivity index (χ1) is 13.5. The van der Waals surface area contributed by atoms with Gasteiger partial charge in [0.25, 0.3) is 0 Å². The highest BCUT2D eigenvalue weighted by molar-refractivity contribution is 6.22. The van der Waals surface area contributed by atoms with Crippen molar-refractivity contribution in [3.8, 4) is 0 Å². The molecular formula is C22H28N2O4. The van der Waals surface area contributed by atoms with Crippen LogP contribution in [0.15, 0.2) is 24.3 Å². The average molecular weight is 384 g/mol. The molecule has 4 atom stereocenters. The van der Waals surface area contributed by atoms with E-state index in [1.54, 1.807) is 31.2 Å². The van der Waals surface area contributed by atoms with Crippen LogP contribution in [0.1, 0.15) is 49.4 Å². The van der Waals surface area contributed by atoms with E-state index in [9.17, 15) is 14.4 Å². The van der Waals surface area contributed by atoms with E-state index in [1.807, 2.05) is 0 Å². The standard InChI is InChI=1S/C22H28N2O4/c1-14-12-20(25)24(21(14)26)18-8-4-3-7-16(18)22(27)28-19-9-5-6-15-10-11-23(2)13-17(15)19/h3-4,7-8,14-15,17,19H,5-6,9-13H2,1-2H3/t14-,15+,17+,19-/m0/s1. The van der Waals surface area contributed by atoms with Crippen molar-refractivity contribution < 1.29 is 19.1 Å². The van der Waals surface area contributed by atoms with Gasteiger partial charge in [-0.2, -0.15) is 0 Å². The highest BCUT2D eigenvalue weighted by Gasteiger charge is 2.41. The molecule has 28 heavy (non-hydrogen) atoms. The fourth-order valence-corrected chi connectivity index (χ4v) is 5.00. The molecule has 1 saturated carbocycles. The van der Waals surface area contributed by atoms with Crippen LogP contribution in [0.2, 0.25) is 0 Å². The Balaban J connectivity index is 1.56. The van der Waals surface area contributed by atoms with E-state index in [0.29, 0.717) is 23.1 Å². The van der Waals surface area contributed by atoms with Gasteiger partial charge in [0.05, 0.1) is 11.3 Å². The number of imide groups is 1. The van der Waals surface area contributed by atoms with Crippen molar-refractivity contribution in [3.63, 3.8) is 0 Å². The Morgan fingerprint density at radius 1 is 1.14 bits per heavy atom. The number of likely N-dealkylation sites (tertiary alicyclic amines) is 1. The predicted molar refractivity (Wildman–Crippen MR) is 105 cm³/mol. The van der Waals surface area contributed by atoms with Crippen molar-refractivity contribution in [2.75, 3.05) is 25.0 Å². The van der Waals surface area contributed by atoms with Gasteiger partial charge in [0.1, 0.15) is 6.10 Å². The van der Waals surface area contributed by atoms with Crippen molar-refractivity contribution in [3.05, 3.63) is 29.8 Å². The number of piperidine rings is 1. The van der Waals surface area contributed by atoms with Crippen LogP contribution in [0.3, 0.4) is 0 Å². The number of fused-ring (bicyclic) bond motifs is 1. The number of ether oxygens (including phenoxy) is 1. The predicted octanol–water partition coefficient (Wildman–Crippen LogP) is 2.86. The second kappa shape index (κ2) is 7.66. The minimum atomic E-state index is -0.436. The van der Waals surface area contributed by atoms with Gasteiger partial charge >= 0.3 is 5.97 Å². The number of carbonyl (C=O) groups excluding carboxylic acids is 3. The molecule has 0 spiro atoms. The molecule has 1 aromatic carbocycles. The number of rotatable bonds is 3. The van der Waals surface area contributed by atoms with Gasteiger partial charge in [-0.3, -0.25) is 9.59 Å². The van der Waals surface area contributed by atoms with Crippen molar-refractivity contribution >= 4 is 23.5 Å². The largest absolute Gasteiger partial charge is 0.458 e. The summed E-state index contributed by atoms with van der Waals surface area (Å²) in [5.41, 5.74) is 0.643. The maximum atomic E-state index is 13.1. The van der Waals surface area contributed by atoms with Crippen LogP contribution in [-0.4, -0.2) is 48.9 Å². The Hall–Kier alpha value is -2.21. The highest BCUT2D eigenvalue weighted by atomic mass is 16.5. The number of para-hydroxylation sites is 1. The Bertz CT molecular complexity index is 792. The van der Waals surface area contributed by atoms with E-state index >= 15 is 0 Å². The first-order valence-electron chi connectivity index (χ1n) is 10.3. The van der Waals surface area contributed by atoms with Gasteiger partial charge < -0.3 is 9.64 Å². The fourth-order valence-electron chi connectivity index (χ4n) is 5.00. The molecule has 0 radical (unpaired) electrons. The lowest BCUT2D eigenvalue weighted by molar-refractivity contribution is -0.122. The summed E-state index contributed by atoms with van der Waals surface area (Å²) in [5.74, 6) is -0.330. The molecule has 2 amide bonds. The maximum Gasteiger partial charge on any atom is 0.340 e. The van der Waals surface area contributed by atoms with Crippen LogP contribution < -0.4 is 4.90 Å². The van der Waals surface area contributed by atoms with Gasteiger partial charge in [0.2, 0.25) is 11.8 Å². The Morgan fingerprint density at radius 3 is 2.68 bits per heavy atom. The quantitative estimate of drug-likeness (QED) is 0.592. The number of benzene rings is 1. The number of esters is 1. The van der Waals surface area contributed by atoms with E-state index < -0.39 is 5.97 Å². The summed E-state index contributed by atoms with van der Waals surface area (Å²) in [6.07, 6.45) is 4.39. The number of hydrogen-bond acceptors (Lipinski definition) is 5. The third-order valence-corrected chi connectivity index (χ3v) is 6.55. The van der Waals surface area contributed by atoms with E-state index in [0.717, 1.165) is 37.3 Å². The van der Waals surface area contributed by atoms with E-state index in [-0.39, 0.29) is 30.3 Å². The summed E-state index contributed by atoms with van der Waals surface area (Å²) in [6, 6.07) is 6.78. The summed E-state index contributed by atoms with van der Waals surface area (Å²) in [7, 11) is 2.12. The summed E-state index contributed by atoms with van der Waals surface area (Å²) in [6.45, 7) is 3.79. The molecule has 150 valence electrons. The Morgan fingerprint density at radius 2 is 1.93 bits per heavy atom. The van der Waals surface area contributed by atoms with Crippen LogP contribution in [0, 0.1) is 17.8 Å². The monoisotopic (exact) mass is 384 g/mol. The Labute approximate surface area is 165 Å². The van der Waals surface area contributed by atoms with Crippen molar-refractivity contribution in [2.45, 2.75) is 45.1 Å². The number of amides is 2. The smallest absolute Gasteiger partial charge is 0.340 e. The molecule has 1 aliphatic carbocycles. The number of anilines is 1. The maximum absolute atomic E-state index is 13.1. The zero-order chi connectivity index (χ0) is 19.8. The third kappa shape index (κ3) is 3.46. The number of hydrogen-bond donors (Lipinski definition) is 0. The SMILES string of the molecule is C[C@H]1CC(=O)N(c2ccccc2C(=O)O[C@H]2CCC[C@@H]3CCN(C)C[C@H]32)C1=O. The number of nitrogens with zero attached hydrogens (tertiary/aromatic N) is 2. The van der Waals surface area contributed by atoms with Gasteiger partial charge in [0, 0.05) is 24.8 Å². The normalized spacial score (nSPS) is 31.0. The third-order valence-electron chi connectivity index (χ3n) is 6.55. The summed E-state index contributed by atoms with van der Waals surface area (Å²) in [5, 5.41) is 0. The second-order valence-corrected chi connectivity index (χ2v) is 8.54. The molecule has 0 unspecified atom stereocenters.